The number of rotatable bonds is 6. The lowest BCUT2D eigenvalue weighted by Crippen LogP contribution is -2.34. The highest BCUT2D eigenvalue weighted by Gasteiger charge is 2.19. The maximum Gasteiger partial charge on any atom is 0.311 e. The van der Waals surface area contributed by atoms with Crippen LogP contribution >= 0.6 is 23.6 Å². The molecule has 0 aliphatic carbocycles. The van der Waals surface area contributed by atoms with Crippen molar-refractivity contribution in [2.24, 2.45) is 0 Å². The van der Waals surface area contributed by atoms with Crippen LogP contribution in [0.3, 0.4) is 0 Å². The van der Waals surface area contributed by atoms with Crippen molar-refractivity contribution in [2.45, 2.75) is 6.92 Å². The minimum atomic E-state index is -0.657. The molecule has 3 rings (SSSR count). The van der Waals surface area contributed by atoms with Gasteiger partial charge in [-0.1, -0.05) is 11.3 Å². The molecule has 154 valence electrons. The fourth-order valence-corrected chi connectivity index (χ4v) is 3.62. The molecular formula is C17H13N5O6S2. The molecule has 3 aromatic rings. The molecule has 11 nitrogen and oxygen atoms in total. The van der Waals surface area contributed by atoms with Crippen molar-refractivity contribution in [1.82, 2.24) is 10.3 Å². The maximum atomic E-state index is 12.4. The molecule has 0 fully saturated rings. The quantitative estimate of drug-likeness (QED) is 0.328. The molecule has 1 aromatic heterocycles. The van der Waals surface area contributed by atoms with Crippen molar-refractivity contribution < 1.29 is 19.4 Å². The molecule has 2 N–H and O–H groups in total. The van der Waals surface area contributed by atoms with Crippen molar-refractivity contribution in [3.63, 3.8) is 0 Å². The lowest BCUT2D eigenvalue weighted by Gasteiger charge is -2.08. The number of nitro benzene ring substituents is 2. The molecule has 30 heavy (non-hydrogen) atoms. The van der Waals surface area contributed by atoms with E-state index in [1.54, 1.807) is 6.92 Å². The number of ether oxygens (including phenoxy) is 1. The van der Waals surface area contributed by atoms with Gasteiger partial charge < -0.3 is 10.1 Å². The van der Waals surface area contributed by atoms with Crippen LogP contribution in [0.15, 0.2) is 36.4 Å². The number of benzene rings is 2. The van der Waals surface area contributed by atoms with Gasteiger partial charge >= 0.3 is 5.69 Å². The molecule has 0 unspecified atom stereocenters. The van der Waals surface area contributed by atoms with Gasteiger partial charge in [0.2, 0.25) is 0 Å². The number of carbonyl (C=O) groups excluding carboxylic acids is 1. The molecule has 0 spiro atoms. The van der Waals surface area contributed by atoms with Gasteiger partial charge in [-0.05, 0) is 37.3 Å². The predicted molar refractivity (Wildman–Crippen MR) is 114 cm³/mol. The summed E-state index contributed by atoms with van der Waals surface area (Å²) in [7, 11) is 0. The van der Waals surface area contributed by atoms with Crippen LogP contribution < -0.4 is 15.4 Å². The number of amides is 1. The standard InChI is InChI=1S/C17H13N5O6S2/c1-2-28-13-6-3-9(7-12(13)22(26)27)15(23)19-16(29)20-17-18-11-5-4-10(21(24)25)8-14(11)30-17/h3-8H,2H2,1H3,(H2,18,19,20,23,29). The molecule has 0 saturated carbocycles. The Hall–Kier alpha value is -3.71. The number of non-ortho nitro benzene ring substituents is 1. The van der Waals surface area contributed by atoms with E-state index in [1.165, 1.54) is 30.3 Å². The van der Waals surface area contributed by atoms with Crippen molar-refractivity contribution in [1.29, 1.82) is 0 Å². The average molecular weight is 447 g/mol. The summed E-state index contributed by atoms with van der Waals surface area (Å²) in [5.74, 6) is -0.598. The Kier molecular flexibility index (Phi) is 6.13. The monoisotopic (exact) mass is 447 g/mol. The van der Waals surface area contributed by atoms with Crippen molar-refractivity contribution >= 4 is 61.3 Å². The smallest absolute Gasteiger partial charge is 0.311 e. The van der Waals surface area contributed by atoms with Crippen LogP contribution in [0.25, 0.3) is 10.2 Å². The molecule has 0 atom stereocenters. The summed E-state index contributed by atoms with van der Waals surface area (Å²) < 4.78 is 5.76. The first-order valence-electron chi connectivity index (χ1n) is 8.37. The van der Waals surface area contributed by atoms with E-state index < -0.39 is 15.8 Å². The van der Waals surface area contributed by atoms with Gasteiger partial charge in [0, 0.05) is 23.8 Å². The van der Waals surface area contributed by atoms with E-state index in [4.69, 9.17) is 17.0 Å². The number of thiazole rings is 1. The first-order valence-corrected chi connectivity index (χ1v) is 9.59. The van der Waals surface area contributed by atoms with E-state index in [0.717, 1.165) is 17.4 Å². The first kappa shape index (κ1) is 21.0. The molecule has 13 heteroatoms. The molecule has 1 heterocycles. The van der Waals surface area contributed by atoms with Gasteiger partial charge in [0.25, 0.3) is 11.6 Å². The van der Waals surface area contributed by atoms with Crippen molar-refractivity contribution in [3.8, 4) is 5.75 Å². The Bertz CT molecular complexity index is 1180. The highest BCUT2D eigenvalue weighted by molar-refractivity contribution is 7.80. The van der Waals surface area contributed by atoms with E-state index in [1.807, 2.05) is 0 Å². The number of aromatic nitrogens is 1. The normalized spacial score (nSPS) is 10.4. The van der Waals surface area contributed by atoms with Gasteiger partial charge in [-0.25, -0.2) is 4.98 Å². The summed E-state index contributed by atoms with van der Waals surface area (Å²) >= 11 is 6.22. The van der Waals surface area contributed by atoms with Crippen LogP contribution in [0.5, 0.6) is 5.75 Å². The fourth-order valence-electron chi connectivity index (χ4n) is 2.46. The van der Waals surface area contributed by atoms with Crippen LogP contribution in [-0.4, -0.2) is 32.5 Å². The lowest BCUT2D eigenvalue weighted by molar-refractivity contribution is -0.385. The van der Waals surface area contributed by atoms with Gasteiger partial charge in [-0.3, -0.25) is 30.3 Å². The second-order valence-corrected chi connectivity index (χ2v) is 7.15. The third-order valence-electron chi connectivity index (χ3n) is 3.75. The number of nitrogens with one attached hydrogen (secondary N) is 2. The van der Waals surface area contributed by atoms with Gasteiger partial charge in [-0.2, -0.15) is 0 Å². The summed E-state index contributed by atoms with van der Waals surface area (Å²) in [6, 6.07) is 8.06. The van der Waals surface area contributed by atoms with Gasteiger partial charge in [0.05, 0.1) is 26.7 Å². The molecule has 0 aliphatic rings. The third-order valence-corrected chi connectivity index (χ3v) is 4.89. The van der Waals surface area contributed by atoms with E-state index >= 15 is 0 Å². The Labute approximate surface area is 178 Å². The number of thiocarbonyl (C=S) groups is 1. The Morgan fingerprint density at radius 3 is 2.63 bits per heavy atom. The zero-order valence-corrected chi connectivity index (χ0v) is 16.9. The topological polar surface area (TPSA) is 150 Å². The molecule has 2 aromatic carbocycles. The molecular weight excluding hydrogens is 434 g/mol. The van der Waals surface area contributed by atoms with Crippen molar-refractivity contribution in [3.05, 3.63) is 62.2 Å². The second kappa shape index (κ2) is 8.75. The van der Waals surface area contributed by atoms with Crippen LogP contribution in [0.4, 0.5) is 16.5 Å². The van der Waals surface area contributed by atoms with E-state index in [-0.39, 0.29) is 34.4 Å². The number of fused-ring (bicyclic) bond motifs is 1. The predicted octanol–water partition coefficient (Wildman–Crippen LogP) is 3.64. The van der Waals surface area contributed by atoms with Crippen LogP contribution in [0.2, 0.25) is 0 Å². The minimum absolute atomic E-state index is 0.0224. The molecule has 0 bridgehead atoms. The van der Waals surface area contributed by atoms with Crippen LogP contribution in [-0.2, 0) is 0 Å². The van der Waals surface area contributed by atoms with E-state index in [9.17, 15) is 25.0 Å². The lowest BCUT2D eigenvalue weighted by atomic mass is 10.1. The fraction of sp³-hybridized carbons (Fsp3) is 0.118. The number of hydrogen-bond acceptors (Lipinski definition) is 9. The summed E-state index contributed by atoms with van der Waals surface area (Å²) in [4.78, 5) is 37.5. The summed E-state index contributed by atoms with van der Waals surface area (Å²) in [6.07, 6.45) is 0. The molecule has 0 radical (unpaired) electrons. The highest BCUT2D eigenvalue weighted by Crippen LogP contribution is 2.30. The summed E-state index contributed by atoms with van der Waals surface area (Å²) in [5, 5.41) is 27.4. The Balaban J connectivity index is 1.72. The Morgan fingerprint density at radius 2 is 1.97 bits per heavy atom. The van der Waals surface area contributed by atoms with Gasteiger partial charge in [0.15, 0.2) is 16.0 Å². The summed E-state index contributed by atoms with van der Waals surface area (Å²) in [5.41, 5.74) is 0.153. The first-order chi connectivity index (χ1) is 14.3. The molecule has 0 saturated heterocycles. The second-order valence-electron chi connectivity index (χ2n) is 5.71. The summed E-state index contributed by atoms with van der Waals surface area (Å²) in [6.45, 7) is 1.93. The number of carbonyl (C=O) groups is 1. The Morgan fingerprint density at radius 1 is 1.20 bits per heavy atom. The molecule has 1 amide bonds. The molecule has 0 aliphatic heterocycles. The van der Waals surface area contributed by atoms with Gasteiger partial charge in [0.1, 0.15) is 0 Å². The minimum Gasteiger partial charge on any atom is -0.487 e. The highest BCUT2D eigenvalue weighted by atomic mass is 32.1. The van der Waals surface area contributed by atoms with Crippen molar-refractivity contribution in [2.75, 3.05) is 11.9 Å². The van der Waals surface area contributed by atoms with E-state index in [0.29, 0.717) is 15.3 Å². The zero-order chi connectivity index (χ0) is 21.8. The van der Waals surface area contributed by atoms with Gasteiger partial charge in [-0.15, -0.1) is 0 Å². The average Bonchev–Trinajstić information content (AvgIpc) is 3.09. The van der Waals surface area contributed by atoms with E-state index in [2.05, 4.69) is 15.6 Å². The van der Waals surface area contributed by atoms with Crippen LogP contribution in [0.1, 0.15) is 17.3 Å². The largest absolute Gasteiger partial charge is 0.487 e. The number of nitro groups is 2. The number of hydrogen-bond donors (Lipinski definition) is 2. The third kappa shape index (κ3) is 4.64. The zero-order valence-electron chi connectivity index (χ0n) is 15.3. The maximum absolute atomic E-state index is 12.4. The SMILES string of the molecule is CCOc1ccc(C(=O)NC(=S)Nc2nc3ccc([N+](=O)[O-])cc3s2)cc1[N+](=O)[O-]. The number of nitrogens with zero attached hydrogens (tertiary/aromatic N) is 3. The van der Waals surface area contributed by atoms with Crippen LogP contribution in [0, 0.1) is 20.2 Å². The number of anilines is 1.